The second-order valence-electron chi connectivity index (χ2n) is 2.91. The second-order valence-corrected chi connectivity index (χ2v) is 4.64. The van der Waals surface area contributed by atoms with E-state index in [0.717, 1.165) is 20.1 Å². The van der Waals surface area contributed by atoms with Crippen molar-refractivity contribution < 1.29 is 5.11 Å². The van der Waals surface area contributed by atoms with Crippen molar-refractivity contribution in [3.05, 3.63) is 27.5 Å². The first-order valence-electron chi connectivity index (χ1n) is 3.98. The first kappa shape index (κ1) is 9.50. The standard InChI is InChI=1S/C10H6BrNOS/c11-8-4-6(1-2-12)3-7-9(13)5-14-10(7)8/h3-5,13H,1H2. The minimum absolute atomic E-state index is 0.283. The van der Waals surface area contributed by atoms with Crippen LogP contribution in [0.2, 0.25) is 0 Å². The summed E-state index contributed by atoms with van der Waals surface area (Å²) in [6.45, 7) is 0. The number of hydrogen-bond donors (Lipinski definition) is 1. The fraction of sp³-hybridized carbons (Fsp3) is 0.100. The van der Waals surface area contributed by atoms with Crippen LogP contribution in [-0.2, 0) is 6.42 Å². The summed E-state index contributed by atoms with van der Waals surface area (Å²) in [5.74, 6) is 0.283. The SMILES string of the molecule is N#CCc1cc(Br)c2scc(O)c2c1. The molecule has 0 saturated carbocycles. The summed E-state index contributed by atoms with van der Waals surface area (Å²) in [7, 11) is 0. The summed E-state index contributed by atoms with van der Waals surface area (Å²) in [6.07, 6.45) is 0.365. The van der Waals surface area contributed by atoms with Gasteiger partial charge in [0.2, 0.25) is 0 Å². The van der Waals surface area contributed by atoms with Gasteiger partial charge in [0, 0.05) is 15.2 Å². The van der Waals surface area contributed by atoms with Crippen LogP contribution in [0.3, 0.4) is 0 Å². The highest BCUT2D eigenvalue weighted by Crippen LogP contribution is 2.37. The quantitative estimate of drug-likeness (QED) is 0.861. The van der Waals surface area contributed by atoms with Gasteiger partial charge in [0.05, 0.1) is 17.2 Å². The molecule has 4 heteroatoms. The molecule has 0 aliphatic carbocycles. The Balaban J connectivity index is 2.70. The lowest BCUT2D eigenvalue weighted by Crippen LogP contribution is -1.81. The Bertz CT molecular complexity index is 527. The van der Waals surface area contributed by atoms with Crippen molar-refractivity contribution >= 4 is 37.4 Å². The molecule has 2 aromatic rings. The van der Waals surface area contributed by atoms with Crippen LogP contribution in [0.25, 0.3) is 10.1 Å². The molecule has 0 unspecified atom stereocenters. The van der Waals surface area contributed by atoms with Crippen LogP contribution in [0.1, 0.15) is 5.56 Å². The Labute approximate surface area is 93.5 Å². The first-order valence-corrected chi connectivity index (χ1v) is 5.65. The lowest BCUT2D eigenvalue weighted by atomic mass is 10.1. The normalized spacial score (nSPS) is 10.3. The van der Waals surface area contributed by atoms with E-state index >= 15 is 0 Å². The van der Waals surface area contributed by atoms with E-state index in [9.17, 15) is 5.11 Å². The molecule has 0 bridgehead atoms. The van der Waals surface area contributed by atoms with E-state index in [0.29, 0.717) is 6.42 Å². The van der Waals surface area contributed by atoms with Crippen LogP contribution in [0.5, 0.6) is 5.75 Å². The molecule has 0 radical (unpaired) electrons. The molecule has 2 nitrogen and oxygen atoms in total. The lowest BCUT2D eigenvalue weighted by Gasteiger charge is -1.98. The third-order valence-electron chi connectivity index (χ3n) is 1.95. The molecule has 14 heavy (non-hydrogen) atoms. The second kappa shape index (κ2) is 3.60. The number of benzene rings is 1. The molecule has 1 aromatic heterocycles. The maximum Gasteiger partial charge on any atom is 0.134 e. The summed E-state index contributed by atoms with van der Waals surface area (Å²) in [4.78, 5) is 0. The van der Waals surface area contributed by atoms with Gasteiger partial charge in [-0.1, -0.05) is 0 Å². The van der Waals surface area contributed by atoms with Gasteiger partial charge in [0.15, 0.2) is 0 Å². The number of aromatic hydroxyl groups is 1. The lowest BCUT2D eigenvalue weighted by molar-refractivity contribution is 0.483. The van der Waals surface area contributed by atoms with Crippen molar-refractivity contribution in [3.63, 3.8) is 0 Å². The molecule has 0 fully saturated rings. The zero-order valence-corrected chi connectivity index (χ0v) is 9.52. The topological polar surface area (TPSA) is 44.0 Å². The number of rotatable bonds is 1. The summed E-state index contributed by atoms with van der Waals surface area (Å²) in [6, 6.07) is 5.86. The molecule has 0 aliphatic rings. The molecular formula is C10H6BrNOS. The van der Waals surface area contributed by atoms with Crippen molar-refractivity contribution in [2.75, 3.05) is 0 Å². The first-order chi connectivity index (χ1) is 6.72. The van der Waals surface area contributed by atoms with Crippen molar-refractivity contribution in [3.8, 4) is 11.8 Å². The van der Waals surface area contributed by atoms with Gasteiger partial charge in [-0.05, 0) is 33.6 Å². The number of nitriles is 1. The predicted octanol–water partition coefficient (Wildman–Crippen LogP) is 3.44. The Hall–Kier alpha value is -1.05. The maximum absolute atomic E-state index is 9.53. The van der Waals surface area contributed by atoms with Gasteiger partial charge in [0.25, 0.3) is 0 Å². The molecule has 1 heterocycles. The average Bonchev–Trinajstić information content (AvgIpc) is 2.49. The largest absolute Gasteiger partial charge is 0.506 e. The van der Waals surface area contributed by atoms with E-state index in [1.54, 1.807) is 5.38 Å². The number of nitrogens with zero attached hydrogens (tertiary/aromatic N) is 1. The van der Waals surface area contributed by atoms with Crippen molar-refractivity contribution in [1.29, 1.82) is 5.26 Å². The van der Waals surface area contributed by atoms with Crippen LogP contribution in [0, 0.1) is 11.3 Å². The van der Waals surface area contributed by atoms with E-state index < -0.39 is 0 Å². The maximum atomic E-state index is 9.53. The van der Waals surface area contributed by atoms with Crippen LogP contribution in [-0.4, -0.2) is 5.11 Å². The Morgan fingerprint density at radius 2 is 2.29 bits per heavy atom. The molecule has 1 aromatic carbocycles. The molecule has 0 atom stereocenters. The van der Waals surface area contributed by atoms with Gasteiger partial charge in [-0.2, -0.15) is 5.26 Å². The number of halogens is 1. The Morgan fingerprint density at radius 1 is 1.50 bits per heavy atom. The Morgan fingerprint density at radius 3 is 3.00 bits per heavy atom. The minimum atomic E-state index is 0.283. The van der Waals surface area contributed by atoms with Gasteiger partial charge in [-0.25, -0.2) is 0 Å². The summed E-state index contributed by atoms with van der Waals surface area (Å²) in [5.41, 5.74) is 0.917. The smallest absolute Gasteiger partial charge is 0.134 e. The van der Waals surface area contributed by atoms with E-state index in [1.807, 2.05) is 12.1 Å². The fourth-order valence-electron chi connectivity index (χ4n) is 1.33. The molecule has 0 aliphatic heterocycles. The Kier molecular flexibility index (Phi) is 2.44. The fourth-order valence-corrected chi connectivity index (χ4v) is 2.94. The van der Waals surface area contributed by atoms with Gasteiger partial charge in [0.1, 0.15) is 5.75 Å². The van der Waals surface area contributed by atoms with E-state index in [-0.39, 0.29) is 5.75 Å². The molecule has 2 rings (SSSR count). The van der Waals surface area contributed by atoms with Crippen LogP contribution < -0.4 is 0 Å². The molecule has 70 valence electrons. The molecule has 0 saturated heterocycles. The monoisotopic (exact) mass is 267 g/mol. The molecule has 0 spiro atoms. The summed E-state index contributed by atoms with van der Waals surface area (Å²) >= 11 is 4.91. The summed E-state index contributed by atoms with van der Waals surface area (Å²) < 4.78 is 1.95. The zero-order chi connectivity index (χ0) is 10.1. The molecule has 1 N–H and O–H groups in total. The third kappa shape index (κ3) is 1.49. The molecular weight excluding hydrogens is 262 g/mol. The van der Waals surface area contributed by atoms with Crippen molar-refractivity contribution in [2.45, 2.75) is 6.42 Å². The van der Waals surface area contributed by atoms with Crippen molar-refractivity contribution in [2.24, 2.45) is 0 Å². The van der Waals surface area contributed by atoms with Gasteiger partial charge < -0.3 is 5.11 Å². The summed E-state index contributed by atoms with van der Waals surface area (Å²) in [5, 5.41) is 20.6. The van der Waals surface area contributed by atoms with E-state index in [1.165, 1.54) is 11.3 Å². The zero-order valence-electron chi connectivity index (χ0n) is 7.12. The van der Waals surface area contributed by atoms with Crippen LogP contribution >= 0.6 is 27.3 Å². The number of fused-ring (bicyclic) bond motifs is 1. The van der Waals surface area contributed by atoms with Gasteiger partial charge in [-0.3, -0.25) is 0 Å². The number of thiophene rings is 1. The van der Waals surface area contributed by atoms with Crippen LogP contribution in [0.4, 0.5) is 0 Å². The van der Waals surface area contributed by atoms with Gasteiger partial charge >= 0.3 is 0 Å². The van der Waals surface area contributed by atoms with Crippen molar-refractivity contribution in [1.82, 2.24) is 0 Å². The van der Waals surface area contributed by atoms with Gasteiger partial charge in [-0.15, -0.1) is 11.3 Å². The highest BCUT2D eigenvalue weighted by atomic mass is 79.9. The van der Waals surface area contributed by atoms with Crippen LogP contribution in [0.15, 0.2) is 22.0 Å². The van der Waals surface area contributed by atoms with E-state index in [2.05, 4.69) is 22.0 Å². The predicted molar refractivity (Wildman–Crippen MR) is 60.5 cm³/mol. The van der Waals surface area contributed by atoms with E-state index in [4.69, 9.17) is 5.26 Å². The number of hydrogen-bond acceptors (Lipinski definition) is 3. The third-order valence-corrected chi connectivity index (χ3v) is 3.86. The highest BCUT2D eigenvalue weighted by Gasteiger charge is 2.07. The molecule has 0 amide bonds. The highest BCUT2D eigenvalue weighted by molar-refractivity contribution is 9.10. The minimum Gasteiger partial charge on any atom is -0.506 e. The average molecular weight is 268 g/mol.